The minimum absolute atomic E-state index is 0.0619. The number of terminal acetylenes is 2. The fourth-order valence-corrected chi connectivity index (χ4v) is 2.86. The number of hydrogen-bond acceptors (Lipinski definition) is 7. The van der Waals surface area contributed by atoms with Crippen LogP contribution in [0, 0.1) is 24.7 Å². The predicted molar refractivity (Wildman–Crippen MR) is 76.7 cm³/mol. The Balaban J connectivity index is 1.89. The van der Waals surface area contributed by atoms with E-state index in [-0.39, 0.29) is 19.8 Å². The van der Waals surface area contributed by atoms with Gasteiger partial charge in [0.2, 0.25) is 0 Å². The Bertz CT molecular complexity index is 619. The summed E-state index contributed by atoms with van der Waals surface area (Å²) in [6.07, 6.45) is 9.28. The van der Waals surface area contributed by atoms with Crippen LogP contribution in [0.4, 0.5) is 0 Å². The average molecular weight is 319 g/mol. The number of nitrogens with zero attached hydrogens (tertiary/aromatic N) is 3. The number of hydrogen-bond donors (Lipinski definition) is 1. The first-order valence-corrected chi connectivity index (χ1v) is 7.17. The second-order valence-corrected chi connectivity index (χ2v) is 5.15. The van der Waals surface area contributed by atoms with Crippen molar-refractivity contribution in [3.63, 3.8) is 0 Å². The molecule has 2 aliphatic heterocycles. The largest absolute Gasteiger partial charge is 0.394 e. The van der Waals surface area contributed by atoms with Crippen LogP contribution < -0.4 is 0 Å². The molecular formula is C15H17N3O5. The maximum Gasteiger partial charge on any atom is 0.181 e. The van der Waals surface area contributed by atoms with Crippen LogP contribution in [-0.4, -0.2) is 64.3 Å². The number of aromatic nitrogens is 3. The van der Waals surface area contributed by atoms with Gasteiger partial charge < -0.3 is 24.1 Å². The van der Waals surface area contributed by atoms with E-state index >= 15 is 0 Å². The van der Waals surface area contributed by atoms with Gasteiger partial charge in [0.15, 0.2) is 6.23 Å². The molecule has 3 heterocycles. The topological polar surface area (TPSA) is 87.9 Å². The molecule has 0 saturated carbocycles. The lowest BCUT2D eigenvalue weighted by molar-refractivity contribution is -0.292. The monoisotopic (exact) mass is 319 g/mol. The van der Waals surface area contributed by atoms with Gasteiger partial charge in [-0.2, -0.15) is 0 Å². The van der Waals surface area contributed by atoms with Crippen LogP contribution in [0.15, 0.2) is 6.20 Å². The van der Waals surface area contributed by atoms with Crippen molar-refractivity contribution in [2.24, 2.45) is 0 Å². The third-order valence-corrected chi connectivity index (χ3v) is 3.82. The molecule has 122 valence electrons. The molecule has 1 aromatic rings. The summed E-state index contributed by atoms with van der Waals surface area (Å²) in [6, 6.07) is 0. The van der Waals surface area contributed by atoms with Gasteiger partial charge in [-0.3, -0.25) is 0 Å². The van der Waals surface area contributed by atoms with Crippen molar-refractivity contribution in [3.8, 4) is 24.7 Å². The fraction of sp³-hybridized carbons (Fsp3) is 0.600. The predicted octanol–water partition coefficient (Wildman–Crippen LogP) is -0.897. The van der Waals surface area contributed by atoms with Crippen LogP contribution in [0.2, 0.25) is 0 Å². The van der Waals surface area contributed by atoms with Gasteiger partial charge >= 0.3 is 0 Å². The average Bonchev–Trinajstić information content (AvgIpc) is 3.06. The number of rotatable bonds is 5. The van der Waals surface area contributed by atoms with E-state index in [2.05, 4.69) is 22.2 Å². The SMILES string of the molecule is C#CCO[C@@H]1[C@H]2OCc3cnnn3[C@H]2O[C@H](CO)[C@H]1OCC#C. The van der Waals surface area contributed by atoms with E-state index in [1.54, 1.807) is 10.9 Å². The Morgan fingerprint density at radius 2 is 2.04 bits per heavy atom. The normalized spacial score (nSPS) is 32.4. The van der Waals surface area contributed by atoms with Crippen LogP contribution in [0.25, 0.3) is 0 Å². The summed E-state index contributed by atoms with van der Waals surface area (Å²) in [7, 11) is 0. The van der Waals surface area contributed by atoms with Crippen LogP contribution in [0.1, 0.15) is 11.9 Å². The van der Waals surface area contributed by atoms with Crippen LogP contribution >= 0.6 is 0 Å². The van der Waals surface area contributed by atoms with Crippen molar-refractivity contribution in [3.05, 3.63) is 11.9 Å². The second kappa shape index (κ2) is 7.09. The Morgan fingerprint density at radius 3 is 2.74 bits per heavy atom. The number of fused-ring (bicyclic) bond motifs is 3. The lowest BCUT2D eigenvalue weighted by atomic mass is 9.96. The molecule has 8 nitrogen and oxygen atoms in total. The van der Waals surface area contributed by atoms with Gasteiger partial charge in [-0.1, -0.05) is 17.1 Å². The Labute approximate surface area is 133 Å². The minimum Gasteiger partial charge on any atom is -0.394 e. The van der Waals surface area contributed by atoms with Crippen molar-refractivity contribution in [1.82, 2.24) is 15.0 Å². The smallest absolute Gasteiger partial charge is 0.181 e. The highest BCUT2D eigenvalue weighted by Crippen LogP contribution is 2.36. The molecule has 1 N–H and O–H groups in total. The first kappa shape index (κ1) is 15.9. The van der Waals surface area contributed by atoms with E-state index in [4.69, 9.17) is 31.8 Å². The molecule has 5 atom stereocenters. The summed E-state index contributed by atoms with van der Waals surface area (Å²) in [5.41, 5.74) is 0.779. The van der Waals surface area contributed by atoms with Crippen molar-refractivity contribution >= 4 is 0 Å². The lowest BCUT2D eigenvalue weighted by Gasteiger charge is -2.46. The van der Waals surface area contributed by atoms with E-state index in [0.717, 1.165) is 5.69 Å². The van der Waals surface area contributed by atoms with Gasteiger partial charge in [-0.15, -0.1) is 17.9 Å². The number of ether oxygens (including phenoxy) is 4. The first-order valence-electron chi connectivity index (χ1n) is 7.17. The second-order valence-electron chi connectivity index (χ2n) is 5.15. The van der Waals surface area contributed by atoms with E-state index in [1.165, 1.54) is 0 Å². The number of aliphatic hydroxyl groups excluding tert-OH is 1. The highest BCUT2D eigenvalue weighted by molar-refractivity contribution is 5.03. The molecule has 0 aliphatic carbocycles. The maximum atomic E-state index is 9.65. The Morgan fingerprint density at radius 1 is 1.30 bits per heavy atom. The summed E-state index contributed by atoms with van der Waals surface area (Å²) >= 11 is 0. The van der Waals surface area contributed by atoms with E-state index in [1.807, 2.05) is 0 Å². The minimum atomic E-state index is -0.647. The van der Waals surface area contributed by atoms with Gasteiger partial charge in [0.05, 0.1) is 25.1 Å². The van der Waals surface area contributed by atoms with Crippen molar-refractivity contribution in [2.45, 2.75) is 37.3 Å². The van der Waals surface area contributed by atoms with Crippen molar-refractivity contribution < 1.29 is 24.1 Å². The van der Waals surface area contributed by atoms with Gasteiger partial charge in [0, 0.05) is 0 Å². The molecule has 1 aromatic heterocycles. The van der Waals surface area contributed by atoms with Gasteiger partial charge in [0.1, 0.15) is 37.6 Å². The molecule has 0 aromatic carbocycles. The van der Waals surface area contributed by atoms with Crippen LogP contribution in [-0.2, 0) is 25.6 Å². The fourth-order valence-electron chi connectivity index (χ4n) is 2.86. The lowest BCUT2D eigenvalue weighted by Crippen LogP contribution is -2.60. The maximum absolute atomic E-state index is 9.65. The molecule has 0 radical (unpaired) electrons. The molecule has 0 amide bonds. The molecule has 0 spiro atoms. The Kier molecular flexibility index (Phi) is 4.91. The molecule has 0 bridgehead atoms. The van der Waals surface area contributed by atoms with E-state index < -0.39 is 30.6 Å². The van der Waals surface area contributed by atoms with Crippen LogP contribution in [0.5, 0.6) is 0 Å². The first-order chi connectivity index (χ1) is 11.3. The molecular weight excluding hydrogens is 302 g/mol. The highest BCUT2D eigenvalue weighted by Gasteiger charge is 2.51. The number of aliphatic hydroxyl groups is 1. The highest BCUT2D eigenvalue weighted by atomic mass is 16.6. The third kappa shape index (κ3) is 2.95. The molecule has 3 rings (SSSR count). The molecule has 1 fully saturated rings. The summed E-state index contributed by atoms with van der Waals surface area (Å²) in [6.45, 7) is 0.194. The zero-order valence-corrected chi connectivity index (χ0v) is 12.4. The molecule has 2 aliphatic rings. The summed E-state index contributed by atoms with van der Waals surface area (Å²) in [4.78, 5) is 0. The van der Waals surface area contributed by atoms with Crippen molar-refractivity contribution in [1.29, 1.82) is 0 Å². The molecule has 1 saturated heterocycles. The van der Waals surface area contributed by atoms with E-state index in [0.29, 0.717) is 6.61 Å². The summed E-state index contributed by atoms with van der Waals surface area (Å²) in [5, 5.41) is 17.5. The third-order valence-electron chi connectivity index (χ3n) is 3.82. The zero-order valence-electron chi connectivity index (χ0n) is 12.4. The molecule has 8 heteroatoms. The molecule has 0 unspecified atom stereocenters. The van der Waals surface area contributed by atoms with Crippen molar-refractivity contribution in [2.75, 3.05) is 19.8 Å². The zero-order chi connectivity index (χ0) is 16.2. The van der Waals surface area contributed by atoms with Gasteiger partial charge in [-0.05, 0) is 0 Å². The van der Waals surface area contributed by atoms with Gasteiger partial charge in [0.25, 0.3) is 0 Å². The standard InChI is InChI=1S/C15H17N3O5/c1-3-5-20-12-11(8-19)23-15-14(13(12)21-6-4-2)22-9-10-7-16-17-18(10)15/h1-2,7,11-15,19H,5-6,8-9H2/t11-,12-,13+,14-,15+/m1/s1. The molecule has 23 heavy (non-hydrogen) atoms. The summed E-state index contributed by atoms with van der Waals surface area (Å²) in [5.74, 6) is 4.82. The van der Waals surface area contributed by atoms with Crippen LogP contribution in [0.3, 0.4) is 0 Å². The summed E-state index contributed by atoms with van der Waals surface area (Å²) < 4.78 is 24.7. The Hall–Kier alpha value is -1.94. The van der Waals surface area contributed by atoms with Gasteiger partial charge in [-0.25, -0.2) is 4.68 Å². The quantitative estimate of drug-likeness (QED) is 0.704. The van der Waals surface area contributed by atoms with E-state index in [9.17, 15) is 5.11 Å².